The van der Waals surface area contributed by atoms with E-state index in [9.17, 15) is 0 Å². The highest BCUT2D eigenvalue weighted by molar-refractivity contribution is 5.40. The van der Waals surface area contributed by atoms with E-state index in [2.05, 4.69) is 32.9 Å². The Balaban J connectivity index is 1.43. The summed E-state index contributed by atoms with van der Waals surface area (Å²) in [5, 5.41) is 0. The lowest BCUT2D eigenvalue weighted by molar-refractivity contribution is 0.109. The van der Waals surface area contributed by atoms with Gasteiger partial charge in [-0.25, -0.2) is 9.97 Å². The van der Waals surface area contributed by atoms with Gasteiger partial charge in [-0.1, -0.05) is 0 Å². The minimum atomic E-state index is 0.371. The van der Waals surface area contributed by atoms with E-state index in [1.54, 1.807) is 6.33 Å². The normalized spacial score (nSPS) is 30.8. The molecule has 3 fully saturated rings. The molecule has 0 radical (unpaired) electrons. The average Bonchev–Trinajstić information content (AvgIpc) is 2.78. The third-order valence-electron chi connectivity index (χ3n) is 6.69. The summed E-state index contributed by atoms with van der Waals surface area (Å²) in [6.45, 7) is 4.81. The van der Waals surface area contributed by atoms with Crippen LogP contribution in [0.5, 0.6) is 0 Å². The molecule has 24 heavy (non-hydrogen) atoms. The van der Waals surface area contributed by atoms with Crippen molar-refractivity contribution in [1.82, 2.24) is 14.9 Å². The summed E-state index contributed by atoms with van der Waals surface area (Å²) in [5.41, 5.74) is 7.71. The third-order valence-corrected chi connectivity index (χ3v) is 6.69. The second-order valence-corrected chi connectivity index (χ2v) is 8.37. The molecule has 0 atom stereocenters. The van der Waals surface area contributed by atoms with Gasteiger partial charge in [-0.3, -0.25) is 0 Å². The summed E-state index contributed by atoms with van der Waals surface area (Å²) in [6.07, 6.45) is 10.6. The summed E-state index contributed by atoms with van der Waals surface area (Å²) >= 11 is 0. The second kappa shape index (κ2) is 6.60. The number of hydrogen-bond donors (Lipinski definition) is 1. The molecule has 132 valence electrons. The average molecular weight is 329 g/mol. The van der Waals surface area contributed by atoms with Gasteiger partial charge in [-0.15, -0.1) is 0 Å². The maximum atomic E-state index is 5.94. The van der Waals surface area contributed by atoms with Crippen LogP contribution in [0.25, 0.3) is 0 Å². The summed E-state index contributed by atoms with van der Waals surface area (Å²) in [4.78, 5) is 14.1. The Kier molecular flexibility index (Phi) is 4.48. The van der Waals surface area contributed by atoms with Crippen LogP contribution >= 0.6 is 0 Å². The molecule has 0 bridgehead atoms. The van der Waals surface area contributed by atoms with E-state index in [-0.39, 0.29) is 0 Å². The molecule has 3 heterocycles. The van der Waals surface area contributed by atoms with Crippen molar-refractivity contribution in [2.24, 2.45) is 11.1 Å². The van der Waals surface area contributed by atoms with E-state index >= 15 is 0 Å². The van der Waals surface area contributed by atoms with Gasteiger partial charge in [0, 0.05) is 36.8 Å². The van der Waals surface area contributed by atoms with Gasteiger partial charge in [0.05, 0.1) is 0 Å². The highest BCUT2D eigenvalue weighted by Crippen LogP contribution is 2.41. The Morgan fingerprint density at radius 3 is 2.54 bits per heavy atom. The van der Waals surface area contributed by atoms with Gasteiger partial charge < -0.3 is 15.5 Å². The molecule has 5 heteroatoms. The van der Waals surface area contributed by atoms with Crippen molar-refractivity contribution in [3.05, 3.63) is 18.1 Å². The van der Waals surface area contributed by atoms with Crippen molar-refractivity contribution in [1.29, 1.82) is 0 Å². The van der Waals surface area contributed by atoms with E-state index in [1.165, 1.54) is 50.9 Å². The lowest BCUT2D eigenvalue weighted by Crippen LogP contribution is -2.38. The zero-order valence-corrected chi connectivity index (χ0v) is 15.0. The Labute approximate surface area is 145 Å². The number of piperidine rings is 1. The summed E-state index contributed by atoms with van der Waals surface area (Å²) in [6, 6.07) is 2.60. The number of aromatic nitrogens is 2. The van der Waals surface area contributed by atoms with Crippen molar-refractivity contribution in [2.75, 3.05) is 38.1 Å². The quantitative estimate of drug-likeness (QED) is 0.903. The van der Waals surface area contributed by atoms with Gasteiger partial charge in [0.15, 0.2) is 0 Å². The van der Waals surface area contributed by atoms with Gasteiger partial charge in [0.2, 0.25) is 0 Å². The molecule has 1 saturated carbocycles. The van der Waals surface area contributed by atoms with Crippen molar-refractivity contribution in [2.45, 2.75) is 56.9 Å². The first-order chi connectivity index (χ1) is 11.6. The van der Waals surface area contributed by atoms with Crippen molar-refractivity contribution < 1.29 is 0 Å². The van der Waals surface area contributed by atoms with Crippen molar-refractivity contribution >= 4 is 5.82 Å². The summed E-state index contributed by atoms with van der Waals surface area (Å²) < 4.78 is 0. The Bertz CT molecular complexity index is 561. The number of nitrogens with zero attached hydrogens (tertiary/aromatic N) is 4. The van der Waals surface area contributed by atoms with Gasteiger partial charge in [0.1, 0.15) is 12.1 Å². The number of likely N-dealkylation sites (tertiary alicyclic amines) is 1. The van der Waals surface area contributed by atoms with Crippen LogP contribution in [0.1, 0.15) is 56.6 Å². The Hall–Kier alpha value is -1.20. The van der Waals surface area contributed by atoms with Crippen molar-refractivity contribution in [3.8, 4) is 0 Å². The molecule has 0 unspecified atom stereocenters. The van der Waals surface area contributed by atoms with E-state index in [0.29, 0.717) is 17.4 Å². The molecule has 2 aliphatic heterocycles. The summed E-state index contributed by atoms with van der Waals surface area (Å²) in [7, 11) is 2.25. The highest BCUT2D eigenvalue weighted by Gasteiger charge is 2.35. The predicted octanol–water partition coefficient (Wildman–Crippen LogP) is 2.38. The number of hydrogen-bond acceptors (Lipinski definition) is 5. The van der Waals surface area contributed by atoms with Crippen LogP contribution in [0, 0.1) is 5.41 Å². The molecule has 2 N–H and O–H groups in total. The topological polar surface area (TPSA) is 58.3 Å². The molecular weight excluding hydrogens is 298 g/mol. The molecular formula is C19H31N5. The molecule has 1 aromatic rings. The first-order valence-corrected chi connectivity index (χ1v) is 9.65. The monoisotopic (exact) mass is 329 g/mol. The van der Waals surface area contributed by atoms with Crippen LogP contribution < -0.4 is 10.6 Å². The van der Waals surface area contributed by atoms with Crippen LogP contribution in [-0.4, -0.2) is 54.1 Å². The number of rotatable bonds is 2. The first kappa shape index (κ1) is 16.3. The zero-order chi connectivity index (χ0) is 16.6. The molecule has 5 nitrogen and oxygen atoms in total. The summed E-state index contributed by atoms with van der Waals surface area (Å²) in [5.74, 6) is 1.68. The SMILES string of the molecule is CN1CCC2(CCCN(c3cc(C4CC(N)C4)ncn3)CC2)CC1. The van der Waals surface area contributed by atoms with Crippen LogP contribution in [0.15, 0.2) is 12.4 Å². The van der Waals surface area contributed by atoms with Crippen molar-refractivity contribution in [3.63, 3.8) is 0 Å². The minimum Gasteiger partial charge on any atom is -0.356 e. The smallest absolute Gasteiger partial charge is 0.132 e. The van der Waals surface area contributed by atoms with Gasteiger partial charge in [0.25, 0.3) is 0 Å². The van der Waals surface area contributed by atoms with Crippen LogP contribution in [0.4, 0.5) is 5.82 Å². The largest absolute Gasteiger partial charge is 0.356 e. The fourth-order valence-corrected chi connectivity index (χ4v) is 4.74. The number of nitrogens with two attached hydrogens (primary N) is 1. The van der Waals surface area contributed by atoms with E-state index in [4.69, 9.17) is 5.73 Å². The van der Waals surface area contributed by atoms with Gasteiger partial charge in [-0.2, -0.15) is 0 Å². The first-order valence-electron chi connectivity index (χ1n) is 9.65. The van der Waals surface area contributed by atoms with E-state index in [0.717, 1.165) is 31.7 Å². The Morgan fingerprint density at radius 2 is 1.79 bits per heavy atom. The molecule has 2 saturated heterocycles. The zero-order valence-electron chi connectivity index (χ0n) is 15.0. The van der Waals surface area contributed by atoms with Gasteiger partial charge >= 0.3 is 0 Å². The lowest BCUT2D eigenvalue weighted by atomic mass is 9.73. The molecule has 1 aliphatic carbocycles. The van der Waals surface area contributed by atoms with E-state index < -0.39 is 0 Å². The Morgan fingerprint density at radius 1 is 1.04 bits per heavy atom. The molecule has 3 aliphatic rings. The fraction of sp³-hybridized carbons (Fsp3) is 0.789. The maximum absolute atomic E-state index is 5.94. The van der Waals surface area contributed by atoms with Crippen LogP contribution in [0.3, 0.4) is 0 Å². The van der Waals surface area contributed by atoms with Gasteiger partial charge in [-0.05, 0) is 70.5 Å². The minimum absolute atomic E-state index is 0.371. The second-order valence-electron chi connectivity index (χ2n) is 8.37. The standard InChI is InChI=1S/C19H31N5/c1-23-8-4-19(5-9-23)3-2-7-24(10-6-19)18-13-17(21-14-22-18)15-11-16(20)12-15/h13-16H,2-12,20H2,1H3. The third kappa shape index (κ3) is 3.29. The lowest BCUT2D eigenvalue weighted by Gasteiger charge is -2.40. The van der Waals surface area contributed by atoms with Crippen LogP contribution in [0.2, 0.25) is 0 Å². The maximum Gasteiger partial charge on any atom is 0.132 e. The molecule has 0 aromatic carbocycles. The van der Waals surface area contributed by atoms with E-state index in [1.807, 2.05) is 0 Å². The molecule has 1 spiro atoms. The highest BCUT2D eigenvalue weighted by atomic mass is 15.2. The molecule has 0 amide bonds. The molecule has 1 aromatic heterocycles. The van der Waals surface area contributed by atoms with Crippen LogP contribution in [-0.2, 0) is 0 Å². The number of anilines is 1. The molecule has 4 rings (SSSR count). The fourth-order valence-electron chi connectivity index (χ4n) is 4.74. The predicted molar refractivity (Wildman–Crippen MR) is 97.2 cm³/mol.